The first-order valence-corrected chi connectivity index (χ1v) is 10.7. The monoisotopic (exact) mass is 455 g/mol. The maximum absolute atomic E-state index is 12.6. The van der Waals surface area contributed by atoms with E-state index in [1.54, 1.807) is 25.1 Å². The van der Waals surface area contributed by atoms with Crippen molar-refractivity contribution in [3.8, 4) is 17.2 Å². The molecule has 7 nitrogen and oxygen atoms in total. The Bertz CT molecular complexity index is 1100. The number of aliphatic imine (C=N–C) groups is 1. The third-order valence-electron chi connectivity index (χ3n) is 4.66. The molecule has 3 rings (SSSR count). The number of ether oxygens (including phenoxy) is 4. The van der Waals surface area contributed by atoms with Crippen molar-refractivity contribution in [2.45, 2.75) is 13.8 Å². The summed E-state index contributed by atoms with van der Waals surface area (Å²) in [5, 5.41) is 11.3. The molecule has 32 heavy (non-hydrogen) atoms. The molecule has 0 aromatic heterocycles. The predicted molar refractivity (Wildman–Crippen MR) is 126 cm³/mol. The van der Waals surface area contributed by atoms with Gasteiger partial charge in [0.05, 0.1) is 38.5 Å². The molecule has 0 saturated carbocycles. The second kappa shape index (κ2) is 10.3. The first-order valence-electron chi connectivity index (χ1n) is 9.88. The van der Waals surface area contributed by atoms with Gasteiger partial charge in [-0.2, -0.15) is 0 Å². The zero-order valence-corrected chi connectivity index (χ0v) is 19.4. The molecule has 0 spiro atoms. The van der Waals surface area contributed by atoms with Crippen molar-refractivity contribution in [3.63, 3.8) is 0 Å². The molecule has 1 aliphatic rings. The number of rotatable bonds is 7. The van der Waals surface area contributed by atoms with Gasteiger partial charge in [-0.3, -0.25) is 0 Å². The fourth-order valence-electron chi connectivity index (χ4n) is 3.11. The highest BCUT2D eigenvalue weighted by molar-refractivity contribution is 8.18. The van der Waals surface area contributed by atoms with E-state index in [0.29, 0.717) is 38.4 Å². The lowest BCUT2D eigenvalue weighted by molar-refractivity contribution is -0.138. The number of aryl methyl sites for hydroxylation is 1. The Morgan fingerprint density at radius 1 is 1.03 bits per heavy atom. The van der Waals surface area contributed by atoms with Gasteiger partial charge in [0, 0.05) is 5.56 Å². The average Bonchev–Trinajstić information content (AvgIpc) is 3.09. The summed E-state index contributed by atoms with van der Waals surface area (Å²) in [7, 11) is 4.57. The van der Waals surface area contributed by atoms with E-state index < -0.39 is 5.97 Å². The average molecular weight is 456 g/mol. The summed E-state index contributed by atoms with van der Waals surface area (Å²) < 4.78 is 21.4. The fourth-order valence-corrected chi connectivity index (χ4v) is 4.13. The standard InChI is InChI=1S/C24H25NO6S/c1-6-31-24(27)19-20(26)18(32-23(19)25-16-10-7-14(2)8-11-16)13-15-9-12-17(28-3)22(30-5)21(15)29-4/h7-13,26H,6H2,1-5H3/b18-13-,25-23?. The van der Waals surface area contributed by atoms with Crippen molar-refractivity contribution in [2.75, 3.05) is 27.9 Å². The van der Waals surface area contributed by atoms with Gasteiger partial charge in [0.1, 0.15) is 16.4 Å². The van der Waals surface area contributed by atoms with Crippen molar-refractivity contribution in [1.29, 1.82) is 0 Å². The Balaban J connectivity index is 2.11. The minimum absolute atomic E-state index is 0.0307. The van der Waals surface area contributed by atoms with E-state index in [1.807, 2.05) is 31.2 Å². The quantitative estimate of drug-likeness (QED) is 0.573. The zero-order valence-electron chi connectivity index (χ0n) is 18.6. The molecule has 0 amide bonds. The molecule has 8 heteroatoms. The zero-order chi connectivity index (χ0) is 23.3. The van der Waals surface area contributed by atoms with Gasteiger partial charge in [0.25, 0.3) is 0 Å². The Morgan fingerprint density at radius 2 is 1.72 bits per heavy atom. The van der Waals surface area contributed by atoms with Crippen LogP contribution in [0.3, 0.4) is 0 Å². The molecule has 0 fully saturated rings. The summed E-state index contributed by atoms with van der Waals surface area (Å²) >= 11 is 1.18. The number of hydrogen-bond donors (Lipinski definition) is 1. The second-order valence-corrected chi connectivity index (χ2v) is 7.76. The van der Waals surface area contributed by atoms with Crippen LogP contribution in [-0.4, -0.2) is 44.1 Å². The van der Waals surface area contributed by atoms with Crippen molar-refractivity contribution < 1.29 is 28.8 Å². The van der Waals surface area contributed by atoms with Gasteiger partial charge in [0.15, 0.2) is 11.5 Å². The van der Waals surface area contributed by atoms with Gasteiger partial charge in [-0.15, -0.1) is 0 Å². The maximum atomic E-state index is 12.6. The molecule has 1 heterocycles. The van der Waals surface area contributed by atoms with Crippen molar-refractivity contribution in [2.24, 2.45) is 4.99 Å². The number of esters is 1. The molecule has 2 aromatic carbocycles. The summed E-state index contributed by atoms with van der Waals surface area (Å²) in [6.07, 6.45) is 1.71. The Labute approximate surface area is 191 Å². The minimum Gasteiger partial charge on any atom is -0.506 e. The molecular weight excluding hydrogens is 430 g/mol. The summed E-state index contributed by atoms with van der Waals surface area (Å²) in [5.41, 5.74) is 2.43. The third kappa shape index (κ3) is 4.75. The number of thioether (sulfide) groups is 1. The Kier molecular flexibility index (Phi) is 7.48. The van der Waals surface area contributed by atoms with Crippen LogP contribution in [0.25, 0.3) is 6.08 Å². The smallest absolute Gasteiger partial charge is 0.344 e. The minimum atomic E-state index is -0.633. The number of benzene rings is 2. The number of nitrogens with zero attached hydrogens (tertiary/aromatic N) is 1. The molecule has 0 unspecified atom stereocenters. The number of carbonyl (C=O) groups excluding carboxylic acids is 1. The van der Waals surface area contributed by atoms with Gasteiger partial charge >= 0.3 is 5.97 Å². The van der Waals surface area contributed by atoms with Crippen LogP contribution in [0.2, 0.25) is 0 Å². The highest BCUT2D eigenvalue weighted by atomic mass is 32.2. The van der Waals surface area contributed by atoms with Crippen LogP contribution in [0.5, 0.6) is 17.2 Å². The third-order valence-corrected chi connectivity index (χ3v) is 5.68. The van der Waals surface area contributed by atoms with Gasteiger partial charge in [0.2, 0.25) is 5.75 Å². The molecule has 2 aromatic rings. The summed E-state index contributed by atoms with van der Waals surface area (Å²) in [4.78, 5) is 17.6. The summed E-state index contributed by atoms with van der Waals surface area (Å²) in [6.45, 7) is 3.87. The van der Waals surface area contributed by atoms with Gasteiger partial charge in [-0.05, 0) is 44.2 Å². The molecule has 0 atom stereocenters. The normalized spacial score (nSPS) is 15.9. The van der Waals surface area contributed by atoms with Crippen LogP contribution in [0.15, 0.2) is 57.6 Å². The van der Waals surface area contributed by atoms with E-state index in [-0.39, 0.29) is 17.9 Å². The van der Waals surface area contributed by atoms with E-state index in [2.05, 4.69) is 4.99 Å². The van der Waals surface area contributed by atoms with Gasteiger partial charge < -0.3 is 24.1 Å². The molecule has 0 bridgehead atoms. The van der Waals surface area contributed by atoms with Crippen LogP contribution in [0, 0.1) is 6.92 Å². The first-order chi connectivity index (χ1) is 15.4. The SMILES string of the molecule is CCOC(=O)C1=C(O)/C(=C/c2ccc(OC)c(OC)c2OC)SC1=Nc1ccc(C)cc1. The van der Waals surface area contributed by atoms with E-state index in [9.17, 15) is 9.90 Å². The number of carbonyl (C=O) groups is 1. The lowest BCUT2D eigenvalue weighted by Crippen LogP contribution is -2.12. The molecule has 1 N–H and O–H groups in total. The molecule has 0 radical (unpaired) electrons. The van der Waals surface area contributed by atoms with Crippen LogP contribution in [-0.2, 0) is 9.53 Å². The topological polar surface area (TPSA) is 86.6 Å². The van der Waals surface area contributed by atoms with Crippen molar-refractivity contribution >= 4 is 34.5 Å². The largest absolute Gasteiger partial charge is 0.506 e. The molecular formula is C24H25NO6S. The number of aliphatic hydroxyl groups is 1. The molecule has 0 saturated heterocycles. The fraction of sp³-hybridized carbons (Fsp3) is 0.250. The van der Waals surface area contributed by atoms with Crippen LogP contribution < -0.4 is 14.2 Å². The van der Waals surface area contributed by atoms with Crippen LogP contribution >= 0.6 is 11.8 Å². The first kappa shape index (κ1) is 23.3. The number of methoxy groups -OCH3 is 3. The Hall–Kier alpha value is -3.39. The number of aliphatic hydroxyl groups excluding tert-OH is 1. The lowest BCUT2D eigenvalue weighted by Gasteiger charge is -2.14. The van der Waals surface area contributed by atoms with Crippen molar-refractivity contribution in [1.82, 2.24) is 0 Å². The summed E-state index contributed by atoms with van der Waals surface area (Å²) in [6, 6.07) is 11.1. The second-order valence-electron chi connectivity index (χ2n) is 6.73. The van der Waals surface area contributed by atoms with Gasteiger partial charge in [-0.25, -0.2) is 9.79 Å². The summed E-state index contributed by atoms with van der Waals surface area (Å²) in [5.74, 6) is 0.547. The van der Waals surface area contributed by atoms with Gasteiger partial charge in [-0.1, -0.05) is 29.5 Å². The Morgan fingerprint density at radius 3 is 2.31 bits per heavy atom. The maximum Gasteiger partial charge on any atom is 0.344 e. The highest BCUT2D eigenvalue weighted by Gasteiger charge is 2.33. The van der Waals surface area contributed by atoms with E-state index in [1.165, 1.54) is 33.1 Å². The molecule has 168 valence electrons. The van der Waals surface area contributed by atoms with E-state index >= 15 is 0 Å². The highest BCUT2D eigenvalue weighted by Crippen LogP contribution is 2.44. The van der Waals surface area contributed by atoms with E-state index in [4.69, 9.17) is 18.9 Å². The number of hydrogen-bond acceptors (Lipinski definition) is 8. The van der Waals surface area contributed by atoms with Crippen LogP contribution in [0.1, 0.15) is 18.1 Å². The lowest BCUT2D eigenvalue weighted by atomic mass is 10.1. The van der Waals surface area contributed by atoms with Crippen LogP contribution in [0.4, 0.5) is 5.69 Å². The predicted octanol–water partition coefficient (Wildman–Crippen LogP) is 5.21. The van der Waals surface area contributed by atoms with E-state index in [0.717, 1.165) is 5.56 Å². The molecule has 0 aliphatic carbocycles. The van der Waals surface area contributed by atoms with Crippen molar-refractivity contribution in [3.05, 3.63) is 63.8 Å². The molecule has 1 aliphatic heterocycles.